The van der Waals surface area contributed by atoms with Crippen molar-refractivity contribution in [2.45, 2.75) is 13.8 Å². The largest absolute Gasteiger partial charge is 0.454 e. The summed E-state index contributed by atoms with van der Waals surface area (Å²) in [6.45, 7) is 3.37. The standard InChI is InChI=1S/C22H19F2N3O3S/c1-3-31(28,29)27-15-5-7-20(30-21-6-4-14(23)11-18(21)24)16(12-15)17-10-13(2)26-19-8-9-25-22(17)19/h4-12,25,27H,3H2,1-2H3. The molecule has 0 aliphatic carbocycles. The molecule has 0 amide bonds. The zero-order chi connectivity index (χ0) is 22.2. The van der Waals surface area contributed by atoms with E-state index in [4.69, 9.17) is 4.74 Å². The molecule has 2 N–H and O–H groups in total. The first-order valence-electron chi connectivity index (χ1n) is 9.48. The molecular weight excluding hydrogens is 424 g/mol. The molecule has 2 heterocycles. The maximum atomic E-state index is 14.2. The van der Waals surface area contributed by atoms with Crippen LogP contribution in [-0.2, 0) is 10.0 Å². The van der Waals surface area contributed by atoms with E-state index in [1.165, 1.54) is 25.1 Å². The molecule has 0 saturated carbocycles. The summed E-state index contributed by atoms with van der Waals surface area (Å²) < 4.78 is 59.9. The molecule has 0 spiro atoms. The average molecular weight is 443 g/mol. The van der Waals surface area contributed by atoms with E-state index in [0.717, 1.165) is 17.8 Å². The van der Waals surface area contributed by atoms with Gasteiger partial charge in [-0.15, -0.1) is 0 Å². The normalized spacial score (nSPS) is 11.6. The minimum absolute atomic E-state index is 0.0867. The molecule has 0 bridgehead atoms. The molecule has 0 unspecified atom stereocenters. The highest BCUT2D eigenvalue weighted by Crippen LogP contribution is 2.39. The Kier molecular flexibility index (Phi) is 5.36. The predicted molar refractivity (Wildman–Crippen MR) is 116 cm³/mol. The SMILES string of the molecule is CCS(=O)(=O)Nc1ccc(Oc2ccc(F)cc2F)c(-c2cc(C)nc3cc[nH]c23)c1. The molecule has 0 saturated heterocycles. The minimum atomic E-state index is -3.51. The molecule has 31 heavy (non-hydrogen) atoms. The molecule has 0 radical (unpaired) electrons. The molecule has 0 aliphatic heterocycles. The Balaban J connectivity index is 1.89. The van der Waals surface area contributed by atoms with Gasteiger partial charge in [0.2, 0.25) is 10.0 Å². The lowest BCUT2D eigenvalue weighted by molar-refractivity contribution is 0.439. The Morgan fingerprint density at radius 2 is 1.81 bits per heavy atom. The van der Waals surface area contributed by atoms with E-state index in [9.17, 15) is 17.2 Å². The minimum Gasteiger partial charge on any atom is -0.454 e. The van der Waals surface area contributed by atoms with Crippen LogP contribution in [0.25, 0.3) is 22.2 Å². The summed E-state index contributed by atoms with van der Waals surface area (Å²) in [4.78, 5) is 7.59. The number of nitrogens with one attached hydrogen (secondary N) is 2. The maximum Gasteiger partial charge on any atom is 0.232 e. The van der Waals surface area contributed by atoms with Crippen LogP contribution in [0, 0.1) is 18.6 Å². The molecular formula is C22H19F2N3O3S. The van der Waals surface area contributed by atoms with Gasteiger partial charge in [0.15, 0.2) is 11.6 Å². The summed E-state index contributed by atoms with van der Waals surface area (Å²) in [6.07, 6.45) is 1.74. The van der Waals surface area contributed by atoms with Crippen LogP contribution in [0.3, 0.4) is 0 Å². The van der Waals surface area contributed by atoms with Crippen LogP contribution in [0.15, 0.2) is 54.7 Å². The van der Waals surface area contributed by atoms with E-state index in [2.05, 4.69) is 14.7 Å². The summed E-state index contributed by atoms with van der Waals surface area (Å²) in [5.74, 6) is -1.54. The highest BCUT2D eigenvalue weighted by Gasteiger charge is 2.17. The number of halogens is 2. The molecule has 0 aliphatic rings. The third kappa shape index (κ3) is 4.36. The first-order valence-corrected chi connectivity index (χ1v) is 11.1. The number of hydrogen-bond donors (Lipinski definition) is 2. The Morgan fingerprint density at radius 3 is 2.55 bits per heavy atom. The summed E-state index contributed by atoms with van der Waals surface area (Å²) >= 11 is 0. The van der Waals surface area contributed by atoms with Crippen LogP contribution < -0.4 is 9.46 Å². The highest BCUT2D eigenvalue weighted by molar-refractivity contribution is 7.92. The molecule has 4 rings (SSSR count). The van der Waals surface area contributed by atoms with E-state index in [0.29, 0.717) is 27.8 Å². The van der Waals surface area contributed by atoms with Crippen LogP contribution in [-0.4, -0.2) is 24.1 Å². The number of rotatable bonds is 6. The van der Waals surface area contributed by atoms with Crippen molar-refractivity contribution in [3.8, 4) is 22.6 Å². The van der Waals surface area contributed by atoms with Crippen LogP contribution in [0.1, 0.15) is 12.6 Å². The Bertz CT molecular complexity index is 1380. The number of pyridine rings is 1. The van der Waals surface area contributed by atoms with E-state index in [-0.39, 0.29) is 17.3 Å². The Hall–Kier alpha value is -3.46. The maximum absolute atomic E-state index is 14.2. The number of hydrogen-bond acceptors (Lipinski definition) is 4. The Labute approximate surface area is 178 Å². The van der Waals surface area contributed by atoms with Gasteiger partial charge in [0, 0.05) is 34.8 Å². The quantitative estimate of drug-likeness (QED) is 0.420. The van der Waals surface area contributed by atoms with Crippen LogP contribution in [0.5, 0.6) is 11.5 Å². The van der Waals surface area contributed by atoms with Gasteiger partial charge in [-0.2, -0.15) is 0 Å². The molecule has 0 fully saturated rings. The smallest absolute Gasteiger partial charge is 0.232 e. The van der Waals surface area contributed by atoms with Gasteiger partial charge in [-0.05, 0) is 56.3 Å². The molecule has 4 aromatic rings. The summed E-state index contributed by atoms with van der Waals surface area (Å²) in [7, 11) is -3.51. The fourth-order valence-electron chi connectivity index (χ4n) is 3.21. The van der Waals surface area contributed by atoms with Gasteiger partial charge < -0.3 is 9.72 Å². The second kappa shape index (κ2) is 7.99. The van der Waals surface area contributed by atoms with Gasteiger partial charge in [0.1, 0.15) is 11.6 Å². The lowest BCUT2D eigenvalue weighted by Crippen LogP contribution is -2.14. The highest BCUT2D eigenvalue weighted by atomic mass is 32.2. The summed E-state index contributed by atoms with van der Waals surface area (Å²) in [6, 6.07) is 11.3. The van der Waals surface area contributed by atoms with E-state index in [1.807, 2.05) is 19.1 Å². The van der Waals surface area contributed by atoms with Crippen molar-refractivity contribution >= 4 is 26.7 Å². The zero-order valence-electron chi connectivity index (χ0n) is 16.7. The zero-order valence-corrected chi connectivity index (χ0v) is 17.6. The van der Waals surface area contributed by atoms with Gasteiger partial charge in [-0.25, -0.2) is 17.2 Å². The number of nitrogens with zero attached hydrogens (tertiary/aromatic N) is 1. The first kappa shape index (κ1) is 20.8. The number of aryl methyl sites for hydroxylation is 1. The number of aromatic nitrogens is 2. The van der Waals surface area contributed by atoms with Crippen molar-refractivity contribution in [1.82, 2.24) is 9.97 Å². The van der Waals surface area contributed by atoms with Crippen molar-refractivity contribution in [3.63, 3.8) is 0 Å². The molecule has 2 aromatic carbocycles. The van der Waals surface area contributed by atoms with E-state index < -0.39 is 21.7 Å². The van der Waals surface area contributed by atoms with Gasteiger partial charge >= 0.3 is 0 Å². The topological polar surface area (TPSA) is 84.1 Å². The molecule has 2 aromatic heterocycles. The number of fused-ring (bicyclic) bond motifs is 1. The Morgan fingerprint density at radius 1 is 1.03 bits per heavy atom. The van der Waals surface area contributed by atoms with Crippen LogP contribution in [0.4, 0.5) is 14.5 Å². The number of aromatic amines is 1. The first-order chi connectivity index (χ1) is 14.8. The molecule has 6 nitrogen and oxygen atoms in total. The van der Waals surface area contributed by atoms with Crippen LogP contribution >= 0.6 is 0 Å². The number of anilines is 1. The monoisotopic (exact) mass is 443 g/mol. The molecule has 9 heteroatoms. The number of H-pyrrole nitrogens is 1. The fraction of sp³-hybridized carbons (Fsp3) is 0.136. The summed E-state index contributed by atoms with van der Waals surface area (Å²) in [5, 5.41) is 0. The van der Waals surface area contributed by atoms with Crippen molar-refractivity contribution < 1.29 is 21.9 Å². The fourth-order valence-corrected chi connectivity index (χ4v) is 3.84. The second-order valence-corrected chi connectivity index (χ2v) is 8.95. The van der Waals surface area contributed by atoms with Crippen molar-refractivity contribution in [1.29, 1.82) is 0 Å². The molecule has 0 atom stereocenters. The lowest BCUT2D eigenvalue weighted by Gasteiger charge is -2.15. The van der Waals surface area contributed by atoms with E-state index >= 15 is 0 Å². The van der Waals surface area contributed by atoms with E-state index in [1.54, 1.807) is 12.3 Å². The third-order valence-electron chi connectivity index (χ3n) is 4.68. The predicted octanol–water partition coefficient (Wildman–Crippen LogP) is 5.37. The second-order valence-electron chi connectivity index (χ2n) is 6.94. The van der Waals surface area contributed by atoms with Crippen molar-refractivity contribution in [3.05, 3.63) is 72.1 Å². The average Bonchev–Trinajstić information content (AvgIpc) is 3.18. The number of ether oxygens (including phenoxy) is 1. The number of benzene rings is 2. The summed E-state index contributed by atoms with van der Waals surface area (Å²) in [5.41, 5.74) is 3.71. The molecule has 160 valence electrons. The third-order valence-corrected chi connectivity index (χ3v) is 5.99. The number of sulfonamides is 1. The van der Waals surface area contributed by atoms with Crippen molar-refractivity contribution in [2.24, 2.45) is 0 Å². The van der Waals surface area contributed by atoms with Gasteiger partial charge in [0.05, 0.1) is 16.8 Å². The lowest BCUT2D eigenvalue weighted by atomic mass is 10.0. The van der Waals surface area contributed by atoms with Gasteiger partial charge in [-0.1, -0.05) is 0 Å². The van der Waals surface area contributed by atoms with Crippen LogP contribution in [0.2, 0.25) is 0 Å². The van der Waals surface area contributed by atoms with Crippen molar-refractivity contribution in [2.75, 3.05) is 10.5 Å². The van der Waals surface area contributed by atoms with Gasteiger partial charge in [-0.3, -0.25) is 9.71 Å². The van der Waals surface area contributed by atoms with Gasteiger partial charge in [0.25, 0.3) is 0 Å².